The number of nitrogens with zero attached hydrogens (tertiary/aromatic N) is 2. The summed E-state index contributed by atoms with van der Waals surface area (Å²) in [5.74, 6) is 0.140. The molecule has 1 aliphatic heterocycles. The zero-order valence-corrected chi connectivity index (χ0v) is 13.9. The number of hydrogen-bond acceptors (Lipinski definition) is 6. The minimum Gasteiger partial charge on any atom is -0.465 e. The standard InChI is InChI=1S/C19H18N2O4/c1-23-19(22)14-11-15(21-7-9-24-10-8-21)17-16(12-14)25-18(20-17)13-5-3-2-4-6-13/h2-6,11-12H,7-10H2,1H3. The summed E-state index contributed by atoms with van der Waals surface area (Å²) < 4.78 is 16.2. The first kappa shape index (κ1) is 15.7. The maximum atomic E-state index is 12.0. The van der Waals surface area contributed by atoms with E-state index < -0.39 is 5.97 Å². The van der Waals surface area contributed by atoms with Crippen LogP contribution in [0.2, 0.25) is 0 Å². The van der Waals surface area contributed by atoms with E-state index >= 15 is 0 Å². The van der Waals surface area contributed by atoms with Gasteiger partial charge in [-0.25, -0.2) is 9.78 Å². The van der Waals surface area contributed by atoms with E-state index in [4.69, 9.17) is 13.9 Å². The molecule has 6 nitrogen and oxygen atoms in total. The Morgan fingerprint density at radius 1 is 1.16 bits per heavy atom. The number of anilines is 1. The van der Waals surface area contributed by atoms with Gasteiger partial charge >= 0.3 is 5.97 Å². The van der Waals surface area contributed by atoms with Crippen LogP contribution in [-0.2, 0) is 9.47 Å². The van der Waals surface area contributed by atoms with Gasteiger partial charge < -0.3 is 18.8 Å². The molecule has 0 N–H and O–H groups in total. The molecule has 1 aliphatic rings. The van der Waals surface area contributed by atoms with Crippen molar-refractivity contribution in [2.75, 3.05) is 38.3 Å². The molecule has 0 amide bonds. The van der Waals surface area contributed by atoms with Crippen LogP contribution in [0.4, 0.5) is 5.69 Å². The van der Waals surface area contributed by atoms with Crippen molar-refractivity contribution >= 4 is 22.8 Å². The fourth-order valence-electron chi connectivity index (χ4n) is 3.00. The third-order valence-electron chi connectivity index (χ3n) is 4.27. The second-order valence-corrected chi connectivity index (χ2v) is 5.82. The van der Waals surface area contributed by atoms with Crippen molar-refractivity contribution in [2.45, 2.75) is 0 Å². The molecule has 0 aliphatic carbocycles. The maximum Gasteiger partial charge on any atom is 0.338 e. The topological polar surface area (TPSA) is 64.8 Å². The van der Waals surface area contributed by atoms with Crippen LogP contribution in [0.15, 0.2) is 46.9 Å². The summed E-state index contributed by atoms with van der Waals surface area (Å²) in [4.78, 5) is 18.9. The van der Waals surface area contributed by atoms with Crippen LogP contribution in [-0.4, -0.2) is 44.4 Å². The lowest BCUT2D eigenvalue weighted by Crippen LogP contribution is -2.36. The number of methoxy groups -OCH3 is 1. The van der Waals surface area contributed by atoms with Gasteiger partial charge in [-0.2, -0.15) is 0 Å². The first-order valence-corrected chi connectivity index (χ1v) is 8.17. The van der Waals surface area contributed by atoms with Gasteiger partial charge in [-0.05, 0) is 24.3 Å². The minimum atomic E-state index is -0.394. The molecule has 2 heterocycles. The summed E-state index contributed by atoms with van der Waals surface area (Å²) in [6.45, 7) is 2.78. The molecule has 0 unspecified atom stereocenters. The monoisotopic (exact) mass is 338 g/mol. The highest BCUT2D eigenvalue weighted by atomic mass is 16.5. The van der Waals surface area contributed by atoms with Crippen LogP contribution in [0.5, 0.6) is 0 Å². The molecule has 1 aromatic heterocycles. The molecule has 2 aromatic carbocycles. The highest BCUT2D eigenvalue weighted by Crippen LogP contribution is 2.33. The molecular weight excluding hydrogens is 320 g/mol. The van der Waals surface area contributed by atoms with E-state index in [9.17, 15) is 4.79 Å². The Kier molecular flexibility index (Phi) is 4.11. The molecule has 128 valence electrons. The van der Waals surface area contributed by atoms with E-state index in [1.165, 1.54) is 7.11 Å². The molecule has 0 bridgehead atoms. The van der Waals surface area contributed by atoms with E-state index in [0.717, 1.165) is 29.9 Å². The smallest absolute Gasteiger partial charge is 0.338 e. The molecule has 4 rings (SSSR count). The van der Waals surface area contributed by atoms with Gasteiger partial charge in [-0.1, -0.05) is 18.2 Å². The molecule has 25 heavy (non-hydrogen) atoms. The van der Waals surface area contributed by atoms with Crippen molar-refractivity contribution in [3.63, 3.8) is 0 Å². The van der Waals surface area contributed by atoms with Gasteiger partial charge in [0.25, 0.3) is 0 Å². The van der Waals surface area contributed by atoms with Crippen molar-refractivity contribution in [3.8, 4) is 11.5 Å². The molecule has 0 saturated carbocycles. The quantitative estimate of drug-likeness (QED) is 0.684. The van der Waals surface area contributed by atoms with E-state index in [2.05, 4.69) is 9.88 Å². The first-order valence-electron chi connectivity index (χ1n) is 8.17. The van der Waals surface area contributed by atoms with Crippen molar-refractivity contribution in [1.29, 1.82) is 0 Å². The Bertz CT molecular complexity index is 898. The Labute approximate surface area is 145 Å². The fourth-order valence-corrected chi connectivity index (χ4v) is 3.00. The number of carbonyl (C=O) groups excluding carboxylic acids is 1. The number of hydrogen-bond donors (Lipinski definition) is 0. The van der Waals surface area contributed by atoms with Gasteiger partial charge in [-0.3, -0.25) is 0 Å². The predicted octanol–water partition coefficient (Wildman–Crippen LogP) is 3.12. The Hall–Kier alpha value is -2.86. The number of esters is 1. The molecule has 0 atom stereocenters. The lowest BCUT2D eigenvalue weighted by Gasteiger charge is -2.29. The molecule has 6 heteroatoms. The van der Waals surface area contributed by atoms with Crippen LogP contribution < -0.4 is 4.90 Å². The highest BCUT2D eigenvalue weighted by Gasteiger charge is 2.21. The molecule has 0 spiro atoms. The number of oxazole rings is 1. The third kappa shape index (κ3) is 2.96. The lowest BCUT2D eigenvalue weighted by molar-refractivity contribution is 0.0601. The summed E-state index contributed by atoms with van der Waals surface area (Å²) in [5.41, 5.74) is 3.53. The van der Waals surface area contributed by atoms with Gasteiger partial charge in [0.15, 0.2) is 5.58 Å². The molecular formula is C19H18N2O4. The summed E-state index contributed by atoms with van der Waals surface area (Å²) >= 11 is 0. The average molecular weight is 338 g/mol. The van der Waals surface area contributed by atoms with Crippen molar-refractivity contribution in [2.24, 2.45) is 0 Å². The number of morpholine rings is 1. The Morgan fingerprint density at radius 3 is 2.64 bits per heavy atom. The van der Waals surface area contributed by atoms with Gasteiger partial charge in [0, 0.05) is 18.7 Å². The molecule has 3 aromatic rings. The first-order chi connectivity index (χ1) is 12.3. The van der Waals surface area contributed by atoms with E-state index in [1.807, 2.05) is 36.4 Å². The maximum absolute atomic E-state index is 12.0. The van der Waals surface area contributed by atoms with Crippen molar-refractivity contribution < 1.29 is 18.7 Å². The number of carbonyl (C=O) groups is 1. The third-order valence-corrected chi connectivity index (χ3v) is 4.27. The summed E-state index contributed by atoms with van der Waals surface area (Å²) in [5, 5.41) is 0. The summed E-state index contributed by atoms with van der Waals surface area (Å²) in [6, 6.07) is 13.2. The van der Waals surface area contributed by atoms with Crippen LogP contribution in [0.3, 0.4) is 0 Å². The predicted molar refractivity (Wildman–Crippen MR) is 93.8 cm³/mol. The zero-order chi connectivity index (χ0) is 17.2. The van der Waals surface area contributed by atoms with Gasteiger partial charge in [-0.15, -0.1) is 0 Å². The largest absolute Gasteiger partial charge is 0.465 e. The van der Waals surface area contributed by atoms with E-state index in [1.54, 1.807) is 6.07 Å². The Morgan fingerprint density at radius 2 is 1.92 bits per heavy atom. The summed E-state index contributed by atoms with van der Waals surface area (Å²) in [6.07, 6.45) is 0. The van der Waals surface area contributed by atoms with Crippen LogP contribution >= 0.6 is 0 Å². The van der Waals surface area contributed by atoms with Crippen LogP contribution in [0.1, 0.15) is 10.4 Å². The number of ether oxygens (including phenoxy) is 2. The number of aromatic nitrogens is 1. The second-order valence-electron chi connectivity index (χ2n) is 5.82. The number of fused-ring (bicyclic) bond motifs is 1. The van der Waals surface area contributed by atoms with E-state index in [-0.39, 0.29) is 0 Å². The van der Waals surface area contributed by atoms with Gasteiger partial charge in [0.05, 0.1) is 31.6 Å². The normalized spacial score (nSPS) is 14.7. The minimum absolute atomic E-state index is 0.394. The summed E-state index contributed by atoms with van der Waals surface area (Å²) in [7, 11) is 1.37. The van der Waals surface area contributed by atoms with Crippen LogP contribution in [0, 0.1) is 0 Å². The number of benzene rings is 2. The fraction of sp³-hybridized carbons (Fsp3) is 0.263. The molecule has 1 saturated heterocycles. The lowest BCUT2D eigenvalue weighted by atomic mass is 10.1. The average Bonchev–Trinajstić information content (AvgIpc) is 3.12. The Balaban J connectivity index is 1.87. The van der Waals surface area contributed by atoms with Crippen molar-refractivity contribution in [3.05, 3.63) is 48.0 Å². The highest BCUT2D eigenvalue weighted by molar-refractivity contribution is 5.99. The second kappa shape index (κ2) is 6.57. The SMILES string of the molecule is COC(=O)c1cc(N2CCOCC2)c2nc(-c3ccccc3)oc2c1. The van der Waals surface area contributed by atoms with Crippen LogP contribution in [0.25, 0.3) is 22.6 Å². The van der Waals surface area contributed by atoms with Gasteiger partial charge in [0.1, 0.15) is 5.52 Å². The molecule has 0 radical (unpaired) electrons. The number of rotatable bonds is 3. The van der Waals surface area contributed by atoms with Gasteiger partial charge in [0.2, 0.25) is 5.89 Å². The zero-order valence-electron chi connectivity index (χ0n) is 13.9. The van der Waals surface area contributed by atoms with Crippen molar-refractivity contribution in [1.82, 2.24) is 4.98 Å². The van der Waals surface area contributed by atoms with E-state index in [0.29, 0.717) is 30.3 Å². The molecule has 1 fully saturated rings.